The van der Waals surface area contributed by atoms with E-state index in [9.17, 15) is 4.79 Å². The average molecular weight is 294 g/mol. The SMILES string of the molecule is CCOC(=O)C(CC)Oc1ccc(C)nc1CC(N)CC. The summed E-state index contributed by atoms with van der Waals surface area (Å²) < 4.78 is 10.8. The highest BCUT2D eigenvalue weighted by molar-refractivity contribution is 5.75. The van der Waals surface area contributed by atoms with Crippen LogP contribution in [0.3, 0.4) is 0 Å². The number of carbonyl (C=O) groups is 1. The van der Waals surface area contributed by atoms with Crippen molar-refractivity contribution in [2.45, 2.75) is 59.1 Å². The van der Waals surface area contributed by atoms with E-state index in [1.54, 1.807) is 6.92 Å². The summed E-state index contributed by atoms with van der Waals surface area (Å²) in [4.78, 5) is 16.3. The van der Waals surface area contributed by atoms with E-state index in [0.717, 1.165) is 17.8 Å². The van der Waals surface area contributed by atoms with Crippen molar-refractivity contribution in [1.82, 2.24) is 4.98 Å². The number of esters is 1. The number of nitrogens with zero attached hydrogens (tertiary/aromatic N) is 1. The van der Waals surface area contributed by atoms with Crippen LogP contribution in [0.1, 0.15) is 45.0 Å². The lowest BCUT2D eigenvalue weighted by molar-refractivity contribution is -0.151. The molecule has 0 fully saturated rings. The van der Waals surface area contributed by atoms with Crippen LogP contribution in [0.5, 0.6) is 5.75 Å². The molecule has 0 saturated heterocycles. The molecule has 1 aromatic rings. The van der Waals surface area contributed by atoms with E-state index in [-0.39, 0.29) is 12.0 Å². The van der Waals surface area contributed by atoms with Gasteiger partial charge in [-0.15, -0.1) is 0 Å². The molecule has 0 aliphatic heterocycles. The Hall–Kier alpha value is -1.62. The number of pyridine rings is 1. The minimum atomic E-state index is -0.606. The molecule has 0 amide bonds. The van der Waals surface area contributed by atoms with Crippen LogP contribution in [0.15, 0.2) is 12.1 Å². The lowest BCUT2D eigenvalue weighted by Crippen LogP contribution is -2.30. The molecule has 5 heteroatoms. The van der Waals surface area contributed by atoms with Gasteiger partial charge in [-0.3, -0.25) is 4.98 Å². The van der Waals surface area contributed by atoms with Gasteiger partial charge in [-0.1, -0.05) is 13.8 Å². The van der Waals surface area contributed by atoms with E-state index in [4.69, 9.17) is 15.2 Å². The standard InChI is InChI=1S/C16H26N2O3/c1-5-12(17)10-13-15(9-8-11(4)18-13)21-14(6-2)16(19)20-7-3/h8-9,12,14H,5-7,10,17H2,1-4H3. The number of aromatic nitrogens is 1. The summed E-state index contributed by atoms with van der Waals surface area (Å²) in [6.45, 7) is 7.98. The van der Waals surface area contributed by atoms with Crippen LogP contribution < -0.4 is 10.5 Å². The first-order valence-electron chi connectivity index (χ1n) is 7.57. The second kappa shape index (κ2) is 8.62. The normalized spacial score (nSPS) is 13.6. The van der Waals surface area contributed by atoms with Gasteiger partial charge in [0.25, 0.3) is 0 Å². The van der Waals surface area contributed by atoms with Crippen LogP contribution in [0, 0.1) is 6.92 Å². The van der Waals surface area contributed by atoms with Crippen LogP contribution in [0.25, 0.3) is 0 Å². The number of hydrogen-bond acceptors (Lipinski definition) is 5. The molecule has 1 aromatic heterocycles. The van der Waals surface area contributed by atoms with E-state index < -0.39 is 6.10 Å². The first-order valence-corrected chi connectivity index (χ1v) is 7.57. The Balaban J connectivity index is 2.92. The summed E-state index contributed by atoms with van der Waals surface area (Å²) in [5.74, 6) is 0.274. The van der Waals surface area contributed by atoms with Crippen LogP contribution in [0.4, 0.5) is 0 Å². The first kappa shape index (κ1) is 17.4. The predicted molar refractivity (Wildman–Crippen MR) is 82.3 cm³/mol. The highest BCUT2D eigenvalue weighted by atomic mass is 16.6. The Morgan fingerprint density at radius 1 is 1.29 bits per heavy atom. The number of nitrogens with two attached hydrogens (primary N) is 1. The molecule has 2 unspecified atom stereocenters. The fraction of sp³-hybridized carbons (Fsp3) is 0.625. The largest absolute Gasteiger partial charge is 0.477 e. The van der Waals surface area contributed by atoms with Crippen molar-refractivity contribution in [3.05, 3.63) is 23.5 Å². The van der Waals surface area contributed by atoms with Gasteiger partial charge in [-0.25, -0.2) is 4.79 Å². The Labute approximate surface area is 126 Å². The van der Waals surface area contributed by atoms with Gasteiger partial charge in [-0.05, 0) is 38.8 Å². The first-order chi connectivity index (χ1) is 10.0. The third-order valence-corrected chi connectivity index (χ3v) is 3.24. The van der Waals surface area contributed by atoms with Crippen molar-refractivity contribution in [2.75, 3.05) is 6.61 Å². The number of carbonyl (C=O) groups excluding carboxylic acids is 1. The van der Waals surface area contributed by atoms with Crippen LogP contribution in [-0.4, -0.2) is 29.7 Å². The van der Waals surface area contributed by atoms with Crippen molar-refractivity contribution < 1.29 is 14.3 Å². The van der Waals surface area contributed by atoms with Crippen molar-refractivity contribution in [3.63, 3.8) is 0 Å². The zero-order valence-corrected chi connectivity index (χ0v) is 13.4. The number of hydrogen-bond donors (Lipinski definition) is 1. The molecular weight excluding hydrogens is 268 g/mol. The summed E-state index contributed by atoms with van der Waals surface area (Å²) in [6, 6.07) is 3.75. The third kappa shape index (κ3) is 5.34. The fourth-order valence-electron chi connectivity index (χ4n) is 1.93. The molecule has 2 atom stereocenters. The molecule has 0 aliphatic rings. The van der Waals surface area contributed by atoms with Gasteiger partial charge in [0.1, 0.15) is 5.75 Å². The Bertz CT molecular complexity index is 463. The molecule has 1 heterocycles. The molecule has 2 N–H and O–H groups in total. The molecule has 0 aliphatic carbocycles. The summed E-state index contributed by atoms with van der Waals surface area (Å²) in [6.07, 6.45) is 1.44. The van der Waals surface area contributed by atoms with E-state index in [0.29, 0.717) is 25.2 Å². The van der Waals surface area contributed by atoms with Gasteiger partial charge in [0, 0.05) is 18.2 Å². The van der Waals surface area contributed by atoms with E-state index in [2.05, 4.69) is 4.98 Å². The fourth-order valence-corrected chi connectivity index (χ4v) is 1.93. The molecule has 5 nitrogen and oxygen atoms in total. The molecular formula is C16H26N2O3. The van der Waals surface area contributed by atoms with Crippen LogP contribution >= 0.6 is 0 Å². The lowest BCUT2D eigenvalue weighted by atomic mass is 10.1. The maximum Gasteiger partial charge on any atom is 0.347 e. The molecule has 21 heavy (non-hydrogen) atoms. The zero-order chi connectivity index (χ0) is 15.8. The highest BCUT2D eigenvalue weighted by Crippen LogP contribution is 2.21. The Morgan fingerprint density at radius 2 is 2.00 bits per heavy atom. The third-order valence-electron chi connectivity index (χ3n) is 3.24. The summed E-state index contributed by atoms with van der Waals surface area (Å²) in [5, 5.41) is 0. The monoisotopic (exact) mass is 294 g/mol. The maximum atomic E-state index is 11.8. The van der Waals surface area contributed by atoms with E-state index in [1.807, 2.05) is 32.9 Å². The van der Waals surface area contributed by atoms with Gasteiger partial charge in [0.15, 0.2) is 6.10 Å². The van der Waals surface area contributed by atoms with Crippen molar-refractivity contribution >= 4 is 5.97 Å². The lowest BCUT2D eigenvalue weighted by Gasteiger charge is -2.19. The summed E-state index contributed by atoms with van der Waals surface area (Å²) in [5.41, 5.74) is 7.71. The molecule has 0 bridgehead atoms. The summed E-state index contributed by atoms with van der Waals surface area (Å²) in [7, 11) is 0. The Kier molecular flexibility index (Phi) is 7.15. The second-order valence-corrected chi connectivity index (χ2v) is 5.04. The van der Waals surface area contributed by atoms with Crippen LogP contribution in [-0.2, 0) is 16.0 Å². The predicted octanol–water partition coefficient (Wildman–Crippen LogP) is 2.39. The summed E-state index contributed by atoms with van der Waals surface area (Å²) >= 11 is 0. The van der Waals surface area contributed by atoms with Gasteiger partial charge in [-0.2, -0.15) is 0 Å². The topological polar surface area (TPSA) is 74.4 Å². The van der Waals surface area contributed by atoms with Gasteiger partial charge < -0.3 is 15.2 Å². The van der Waals surface area contributed by atoms with Crippen molar-refractivity contribution in [3.8, 4) is 5.75 Å². The highest BCUT2D eigenvalue weighted by Gasteiger charge is 2.21. The number of aryl methyl sites for hydroxylation is 1. The molecule has 1 rings (SSSR count). The van der Waals surface area contributed by atoms with Gasteiger partial charge in [0.2, 0.25) is 0 Å². The number of rotatable bonds is 8. The molecule has 0 spiro atoms. The van der Waals surface area contributed by atoms with Crippen LogP contribution in [0.2, 0.25) is 0 Å². The maximum absolute atomic E-state index is 11.8. The molecule has 0 aromatic carbocycles. The van der Waals surface area contributed by atoms with Crippen molar-refractivity contribution in [1.29, 1.82) is 0 Å². The van der Waals surface area contributed by atoms with Gasteiger partial charge >= 0.3 is 5.97 Å². The van der Waals surface area contributed by atoms with Crippen molar-refractivity contribution in [2.24, 2.45) is 5.73 Å². The van der Waals surface area contributed by atoms with E-state index in [1.165, 1.54) is 0 Å². The quantitative estimate of drug-likeness (QED) is 0.745. The zero-order valence-electron chi connectivity index (χ0n) is 13.4. The number of ether oxygens (including phenoxy) is 2. The Morgan fingerprint density at radius 3 is 2.57 bits per heavy atom. The molecule has 118 valence electrons. The average Bonchev–Trinajstić information content (AvgIpc) is 2.46. The molecule has 0 saturated carbocycles. The minimum absolute atomic E-state index is 0.0318. The van der Waals surface area contributed by atoms with Gasteiger partial charge in [0.05, 0.1) is 12.3 Å². The smallest absolute Gasteiger partial charge is 0.347 e. The molecule has 0 radical (unpaired) electrons. The minimum Gasteiger partial charge on any atom is -0.477 e. The second-order valence-electron chi connectivity index (χ2n) is 5.04. The van der Waals surface area contributed by atoms with E-state index >= 15 is 0 Å².